The number of hydrogen-bond donors (Lipinski definition) is 6. The van der Waals surface area contributed by atoms with Crippen LogP contribution in [0.5, 0.6) is 0 Å². The molecule has 0 fully saturated rings. The maximum Gasteiger partial charge on any atom is 0.332 e. The van der Waals surface area contributed by atoms with Gasteiger partial charge in [-0.3, -0.25) is 9.13 Å². The third-order valence-electron chi connectivity index (χ3n) is 2.65. The lowest BCUT2D eigenvalue weighted by molar-refractivity contribution is 0.351. The molecule has 0 aromatic heterocycles. The van der Waals surface area contributed by atoms with Crippen LogP contribution in [0.1, 0.15) is 17.6 Å². The Morgan fingerprint density at radius 2 is 1.80 bits per heavy atom. The molecule has 0 heterocycles. The highest BCUT2D eigenvalue weighted by molar-refractivity contribution is 7.81. The number of thiol groups is 1. The second kappa shape index (κ2) is 6.62. The van der Waals surface area contributed by atoms with Crippen molar-refractivity contribution in [1.29, 1.82) is 0 Å². The lowest BCUT2D eigenvalue weighted by atomic mass is 10.1. The summed E-state index contributed by atoms with van der Waals surface area (Å²) >= 11 is 4.00. The molecule has 0 spiro atoms. The van der Waals surface area contributed by atoms with Gasteiger partial charge in [0.1, 0.15) is 0 Å². The van der Waals surface area contributed by atoms with Gasteiger partial charge in [-0.1, -0.05) is 12.1 Å². The lowest BCUT2D eigenvalue weighted by Crippen LogP contribution is -2.12. The molecule has 2 unspecified atom stereocenters. The van der Waals surface area contributed by atoms with Crippen LogP contribution in [0.2, 0.25) is 0 Å². The van der Waals surface area contributed by atoms with Gasteiger partial charge in [-0.25, -0.2) is 0 Å². The average molecular weight is 341 g/mol. The molecule has 0 aliphatic carbocycles. The summed E-state index contributed by atoms with van der Waals surface area (Å²) in [6, 6.07) is 6.08. The van der Waals surface area contributed by atoms with Crippen molar-refractivity contribution in [3.8, 4) is 0 Å². The topological polar surface area (TPSA) is 141 Å². The van der Waals surface area contributed by atoms with Crippen molar-refractivity contribution in [2.75, 3.05) is 11.9 Å². The number of benzene rings is 1. The van der Waals surface area contributed by atoms with Crippen molar-refractivity contribution < 1.29 is 28.7 Å². The predicted molar refractivity (Wildman–Crippen MR) is 79.9 cm³/mol. The van der Waals surface area contributed by atoms with Gasteiger partial charge in [0, 0.05) is 10.9 Å². The van der Waals surface area contributed by atoms with Crippen LogP contribution >= 0.6 is 27.8 Å². The fourth-order valence-corrected chi connectivity index (χ4v) is 4.63. The monoisotopic (exact) mass is 341 g/mol. The molecule has 10 heteroatoms. The molecule has 0 amide bonds. The van der Waals surface area contributed by atoms with Crippen molar-refractivity contribution >= 4 is 33.5 Å². The van der Waals surface area contributed by atoms with E-state index in [0.29, 0.717) is 11.3 Å². The molecule has 2 atom stereocenters. The third kappa shape index (κ3) is 5.97. The molecule has 20 heavy (non-hydrogen) atoms. The van der Waals surface area contributed by atoms with Crippen LogP contribution in [0, 0.1) is 0 Å². The molecule has 0 radical (unpaired) electrons. The first-order chi connectivity index (χ1) is 8.99. The van der Waals surface area contributed by atoms with Gasteiger partial charge in [0.15, 0.2) is 0 Å². The zero-order valence-corrected chi connectivity index (χ0v) is 13.1. The minimum Gasteiger partial charge on any atom is -0.399 e. The lowest BCUT2D eigenvalue weighted by Gasteiger charge is -2.22. The van der Waals surface area contributed by atoms with Gasteiger partial charge in [0.05, 0.1) is 11.8 Å². The quantitative estimate of drug-likeness (QED) is 0.261. The van der Waals surface area contributed by atoms with Crippen molar-refractivity contribution in [2.24, 2.45) is 0 Å². The number of hydrogen-bond acceptors (Lipinski definition) is 4. The standard InChI is InChI=1S/C10H17NO6P2S/c11-8-3-1-2-7(4-8)10(19(15,16)17)5-9(20)6-18(12,13)14/h1-4,9-10,20H,5-6,11H2,(H2,12,13,14)(H2,15,16,17). The molecule has 1 rings (SSSR count). The van der Waals surface area contributed by atoms with E-state index in [2.05, 4.69) is 12.6 Å². The van der Waals surface area contributed by atoms with Crippen molar-refractivity contribution in [3.05, 3.63) is 29.8 Å². The molecule has 0 aliphatic rings. The van der Waals surface area contributed by atoms with E-state index in [0.717, 1.165) is 0 Å². The third-order valence-corrected chi connectivity index (χ3v) is 5.56. The molecule has 0 saturated heterocycles. The number of nitrogens with two attached hydrogens (primary N) is 1. The summed E-state index contributed by atoms with van der Waals surface area (Å²) in [7, 11) is -8.78. The summed E-state index contributed by atoms with van der Waals surface area (Å²) in [5, 5.41) is -0.838. The molecular weight excluding hydrogens is 324 g/mol. The first-order valence-corrected chi connectivity index (χ1v) is 9.62. The number of anilines is 1. The van der Waals surface area contributed by atoms with Gasteiger partial charge in [-0.05, 0) is 24.1 Å². The summed E-state index contributed by atoms with van der Waals surface area (Å²) in [6.07, 6.45) is -0.711. The van der Waals surface area contributed by atoms with Gasteiger partial charge in [0.2, 0.25) is 0 Å². The molecule has 114 valence electrons. The Balaban J connectivity index is 2.98. The van der Waals surface area contributed by atoms with Crippen LogP contribution in [0.4, 0.5) is 5.69 Å². The van der Waals surface area contributed by atoms with E-state index < -0.39 is 32.3 Å². The summed E-state index contributed by atoms with van der Waals surface area (Å²) < 4.78 is 22.5. The second-order valence-corrected chi connectivity index (χ2v) is 8.74. The number of nitrogen functional groups attached to an aromatic ring is 1. The van der Waals surface area contributed by atoms with E-state index in [4.69, 9.17) is 15.5 Å². The molecule has 7 nitrogen and oxygen atoms in total. The Kier molecular flexibility index (Phi) is 5.87. The average Bonchev–Trinajstić information content (AvgIpc) is 2.21. The summed E-state index contributed by atoms with van der Waals surface area (Å²) in [6.45, 7) is 0. The van der Waals surface area contributed by atoms with Gasteiger partial charge >= 0.3 is 15.2 Å². The van der Waals surface area contributed by atoms with E-state index in [1.807, 2.05) is 0 Å². The Labute approximate surface area is 121 Å². The minimum atomic E-state index is -4.49. The van der Waals surface area contributed by atoms with Crippen LogP contribution in [-0.2, 0) is 9.13 Å². The van der Waals surface area contributed by atoms with Crippen LogP contribution in [0.15, 0.2) is 24.3 Å². The molecule has 0 bridgehead atoms. The molecule has 1 aromatic carbocycles. The predicted octanol–water partition coefficient (Wildman–Crippen LogP) is 1.35. The Morgan fingerprint density at radius 3 is 2.25 bits per heavy atom. The fraction of sp³-hybridized carbons (Fsp3) is 0.400. The normalized spacial score (nSPS) is 15.8. The summed E-state index contributed by atoms with van der Waals surface area (Å²) in [5.74, 6) is 0. The van der Waals surface area contributed by atoms with Crippen LogP contribution in [0.25, 0.3) is 0 Å². The molecule has 0 aliphatic heterocycles. The maximum absolute atomic E-state index is 11.6. The van der Waals surface area contributed by atoms with Gasteiger partial charge in [-0.15, -0.1) is 0 Å². The summed E-state index contributed by atoms with van der Waals surface area (Å²) in [5.41, 5.74) is 5.06. The zero-order chi connectivity index (χ0) is 15.6. The van der Waals surface area contributed by atoms with Crippen LogP contribution < -0.4 is 5.73 Å². The van der Waals surface area contributed by atoms with Crippen LogP contribution in [0.3, 0.4) is 0 Å². The molecule has 1 aromatic rings. The van der Waals surface area contributed by atoms with E-state index in [1.165, 1.54) is 12.1 Å². The minimum absolute atomic E-state index is 0.165. The van der Waals surface area contributed by atoms with Crippen molar-refractivity contribution in [2.45, 2.75) is 17.3 Å². The first kappa shape index (κ1) is 17.7. The largest absolute Gasteiger partial charge is 0.399 e. The number of rotatable bonds is 6. The Morgan fingerprint density at radius 1 is 1.20 bits per heavy atom. The molecular formula is C10H17NO6P2S. The van der Waals surface area contributed by atoms with E-state index in [9.17, 15) is 18.9 Å². The SMILES string of the molecule is Nc1cccc(C(CC(S)CP(=O)(O)O)P(=O)(O)O)c1. The Bertz CT molecular complexity index is 556. The van der Waals surface area contributed by atoms with Gasteiger partial charge in [-0.2, -0.15) is 12.6 Å². The second-order valence-electron chi connectivity index (χ2n) is 4.51. The van der Waals surface area contributed by atoms with Crippen molar-refractivity contribution in [1.82, 2.24) is 0 Å². The van der Waals surface area contributed by atoms with Crippen LogP contribution in [-0.4, -0.2) is 31.0 Å². The fourth-order valence-electron chi connectivity index (χ4n) is 1.84. The highest BCUT2D eigenvalue weighted by Gasteiger charge is 2.33. The van der Waals surface area contributed by atoms with Crippen molar-refractivity contribution in [3.63, 3.8) is 0 Å². The van der Waals surface area contributed by atoms with E-state index >= 15 is 0 Å². The van der Waals surface area contributed by atoms with E-state index in [1.54, 1.807) is 12.1 Å². The first-order valence-electron chi connectivity index (χ1n) is 5.62. The van der Waals surface area contributed by atoms with E-state index in [-0.39, 0.29) is 6.42 Å². The zero-order valence-electron chi connectivity index (χ0n) is 10.4. The molecule has 0 saturated carbocycles. The highest BCUT2D eigenvalue weighted by atomic mass is 32.1. The smallest absolute Gasteiger partial charge is 0.332 e. The highest BCUT2D eigenvalue weighted by Crippen LogP contribution is 2.55. The van der Waals surface area contributed by atoms with Gasteiger partial charge in [0.25, 0.3) is 0 Å². The summed E-state index contributed by atoms with van der Waals surface area (Å²) in [4.78, 5) is 36.6. The maximum atomic E-state index is 11.6. The van der Waals surface area contributed by atoms with Gasteiger partial charge < -0.3 is 25.3 Å². The molecule has 6 N–H and O–H groups in total. The Hall–Kier alpha value is -0.330.